The quantitative estimate of drug-likeness (QED) is 0.568. The molecule has 4 heteroatoms. The van der Waals surface area contributed by atoms with Gasteiger partial charge in [0.05, 0.1) is 12.7 Å². The number of hydrogen-bond acceptors (Lipinski definition) is 3. The number of H-pyrrole nitrogens is 1. The zero-order valence-electron chi connectivity index (χ0n) is 12.0. The molecule has 3 aromatic rings. The van der Waals surface area contributed by atoms with Crippen LogP contribution in [0, 0.1) is 0 Å². The summed E-state index contributed by atoms with van der Waals surface area (Å²) in [4.78, 5) is 15.3. The number of nitrogens with one attached hydrogen (secondary N) is 1. The summed E-state index contributed by atoms with van der Waals surface area (Å²) in [5.74, 6) is 0.160. The minimum atomic E-state index is -0.259. The minimum Gasteiger partial charge on any atom is -0.507 e. The fourth-order valence-corrected chi connectivity index (χ4v) is 2.33. The number of allylic oxidation sites excluding steroid dienone is 1. The molecule has 1 aromatic heterocycles. The van der Waals surface area contributed by atoms with Crippen LogP contribution in [0.3, 0.4) is 0 Å². The van der Waals surface area contributed by atoms with Crippen LogP contribution in [0.5, 0.6) is 11.5 Å². The fourth-order valence-electron chi connectivity index (χ4n) is 2.33. The number of hydrogen-bond donors (Lipinski definition) is 2. The number of para-hydroxylation sites is 1. The van der Waals surface area contributed by atoms with Crippen LogP contribution in [0.4, 0.5) is 0 Å². The lowest BCUT2D eigenvalue weighted by atomic mass is 10.1. The average Bonchev–Trinajstić information content (AvgIpc) is 2.95. The van der Waals surface area contributed by atoms with Gasteiger partial charge in [0.15, 0.2) is 5.78 Å². The second-order valence-corrected chi connectivity index (χ2v) is 4.87. The summed E-state index contributed by atoms with van der Waals surface area (Å²) >= 11 is 0. The van der Waals surface area contributed by atoms with Crippen molar-refractivity contribution in [2.24, 2.45) is 0 Å². The first-order chi connectivity index (χ1) is 10.7. The summed E-state index contributed by atoms with van der Waals surface area (Å²) in [5.41, 5.74) is 2.19. The van der Waals surface area contributed by atoms with Gasteiger partial charge in [-0.3, -0.25) is 4.79 Å². The van der Waals surface area contributed by atoms with E-state index < -0.39 is 0 Å². The summed E-state index contributed by atoms with van der Waals surface area (Å²) in [6, 6.07) is 12.5. The number of phenolic OH excluding ortho intramolecular Hbond substituents is 1. The molecule has 110 valence electrons. The SMILES string of the molecule is COc1ccc(C(=O)/C=C/c2c[nH]c3ccccc23)c(O)c1. The van der Waals surface area contributed by atoms with Gasteiger partial charge in [0.1, 0.15) is 11.5 Å². The number of carbonyl (C=O) groups is 1. The van der Waals surface area contributed by atoms with E-state index in [1.807, 2.05) is 30.5 Å². The van der Waals surface area contributed by atoms with Crippen molar-refractivity contribution < 1.29 is 14.6 Å². The van der Waals surface area contributed by atoms with Gasteiger partial charge in [0.25, 0.3) is 0 Å². The number of aromatic hydroxyl groups is 1. The molecule has 0 saturated heterocycles. The van der Waals surface area contributed by atoms with E-state index in [-0.39, 0.29) is 17.1 Å². The second-order valence-electron chi connectivity index (χ2n) is 4.87. The normalized spacial score (nSPS) is 11.1. The Balaban J connectivity index is 1.87. The number of carbonyl (C=O) groups excluding carboxylic acids is 1. The van der Waals surface area contributed by atoms with E-state index in [1.54, 1.807) is 18.2 Å². The van der Waals surface area contributed by atoms with Crippen molar-refractivity contribution in [3.8, 4) is 11.5 Å². The van der Waals surface area contributed by atoms with E-state index >= 15 is 0 Å². The number of aromatic nitrogens is 1. The lowest BCUT2D eigenvalue weighted by Gasteiger charge is -2.03. The molecule has 0 radical (unpaired) electrons. The molecule has 2 aromatic carbocycles. The number of ether oxygens (including phenoxy) is 1. The lowest BCUT2D eigenvalue weighted by Crippen LogP contribution is -1.95. The van der Waals surface area contributed by atoms with Gasteiger partial charge < -0.3 is 14.8 Å². The predicted octanol–water partition coefficient (Wildman–Crippen LogP) is 3.78. The zero-order chi connectivity index (χ0) is 15.5. The highest BCUT2D eigenvalue weighted by Crippen LogP contribution is 2.25. The Kier molecular flexibility index (Phi) is 3.66. The molecule has 0 aliphatic heterocycles. The molecule has 22 heavy (non-hydrogen) atoms. The Morgan fingerprint density at radius 2 is 2.05 bits per heavy atom. The van der Waals surface area contributed by atoms with E-state index in [1.165, 1.54) is 19.3 Å². The molecule has 0 fully saturated rings. The minimum absolute atomic E-state index is 0.0899. The average molecular weight is 293 g/mol. The van der Waals surface area contributed by atoms with Crippen LogP contribution in [0.15, 0.2) is 54.7 Å². The topological polar surface area (TPSA) is 62.3 Å². The Hall–Kier alpha value is -3.01. The standard InChI is InChI=1S/C18H15NO3/c1-22-13-7-8-15(18(21)10-13)17(20)9-6-12-11-19-16-5-3-2-4-14(12)16/h2-11,19,21H,1H3/b9-6+. The van der Waals surface area contributed by atoms with Crippen LogP contribution in [0.2, 0.25) is 0 Å². The van der Waals surface area contributed by atoms with Crippen LogP contribution < -0.4 is 4.74 Å². The maximum Gasteiger partial charge on any atom is 0.189 e. The molecule has 0 saturated carbocycles. The number of methoxy groups -OCH3 is 1. The molecule has 0 amide bonds. The van der Waals surface area contributed by atoms with Gasteiger partial charge in [-0.2, -0.15) is 0 Å². The Morgan fingerprint density at radius 1 is 1.23 bits per heavy atom. The van der Waals surface area contributed by atoms with Gasteiger partial charge in [-0.05, 0) is 35.9 Å². The molecular weight excluding hydrogens is 278 g/mol. The van der Waals surface area contributed by atoms with Crippen molar-refractivity contribution in [2.45, 2.75) is 0 Å². The summed E-state index contributed by atoms with van der Waals surface area (Å²) in [7, 11) is 1.51. The number of phenols is 1. The number of fused-ring (bicyclic) bond motifs is 1. The van der Waals surface area contributed by atoms with Crippen LogP contribution in [0.25, 0.3) is 17.0 Å². The molecule has 0 bridgehead atoms. The van der Waals surface area contributed by atoms with Crippen molar-refractivity contribution in [1.82, 2.24) is 4.98 Å². The highest BCUT2D eigenvalue weighted by molar-refractivity contribution is 6.09. The third-order valence-electron chi connectivity index (χ3n) is 3.51. The van der Waals surface area contributed by atoms with E-state index in [0.717, 1.165) is 16.5 Å². The fraction of sp³-hybridized carbons (Fsp3) is 0.0556. The molecule has 0 spiro atoms. The molecule has 1 heterocycles. The van der Waals surface area contributed by atoms with Crippen molar-refractivity contribution in [3.05, 3.63) is 65.9 Å². The van der Waals surface area contributed by atoms with Gasteiger partial charge in [-0.15, -0.1) is 0 Å². The number of benzene rings is 2. The summed E-state index contributed by atoms with van der Waals surface area (Å²) in [5, 5.41) is 10.9. The van der Waals surface area contributed by atoms with Gasteiger partial charge in [0, 0.05) is 23.2 Å². The van der Waals surface area contributed by atoms with Gasteiger partial charge >= 0.3 is 0 Å². The molecule has 0 aliphatic carbocycles. The Bertz CT molecular complexity index is 862. The van der Waals surface area contributed by atoms with E-state index in [9.17, 15) is 9.90 Å². The lowest BCUT2D eigenvalue weighted by molar-refractivity contribution is 0.104. The second kappa shape index (κ2) is 5.77. The predicted molar refractivity (Wildman–Crippen MR) is 86.3 cm³/mol. The number of aromatic amines is 1. The van der Waals surface area contributed by atoms with Gasteiger partial charge in [0.2, 0.25) is 0 Å². The third kappa shape index (κ3) is 2.59. The van der Waals surface area contributed by atoms with Gasteiger partial charge in [-0.25, -0.2) is 0 Å². The number of ketones is 1. The molecule has 0 unspecified atom stereocenters. The maximum atomic E-state index is 12.2. The Labute approximate surface area is 127 Å². The van der Waals surface area contributed by atoms with Crippen molar-refractivity contribution in [1.29, 1.82) is 0 Å². The molecule has 0 aliphatic rings. The van der Waals surface area contributed by atoms with Crippen LogP contribution in [-0.2, 0) is 0 Å². The summed E-state index contributed by atoms with van der Waals surface area (Å²) in [6.45, 7) is 0. The molecule has 4 nitrogen and oxygen atoms in total. The van der Waals surface area contributed by atoms with Crippen LogP contribution in [-0.4, -0.2) is 23.0 Å². The van der Waals surface area contributed by atoms with E-state index in [2.05, 4.69) is 4.98 Å². The largest absolute Gasteiger partial charge is 0.507 e. The maximum absolute atomic E-state index is 12.2. The van der Waals surface area contributed by atoms with Crippen molar-refractivity contribution >= 4 is 22.8 Å². The van der Waals surface area contributed by atoms with Gasteiger partial charge in [-0.1, -0.05) is 18.2 Å². The Morgan fingerprint density at radius 3 is 2.82 bits per heavy atom. The molecular formula is C18H15NO3. The molecule has 3 rings (SSSR count). The smallest absolute Gasteiger partial charge is 0.189 e. The molecule has 2 N–H and O–H groups in total. The van der Waals surface area contributed by atoms with E-state index in [0.29, 0.717) is 5.75 Å². The van der Waals surface area contributed by atoms with Crippen molar-refractivity contribution in [3.63, 3.8) is 0 Å². The highest BCUT2D eigenvalue weighted by Gasteiger charge is 2.09. The monoisotopic (exact) mass is 293 g/mol. The highest BCUT2D eigenvalue weighted by atomic mass is 16.5. The first kappa shape index (κ1) is 13.9. The first-order valence-electron chi connectivity index (χ1n) is 6.84. The summed E-state index contributed by atoms with van der Waals surface area (Å²) < 4.78 is 5.00. The van der Waals surface area contributed by atoms with Crippen LogP contribution in [0.1, 0.15) is 15.9 Å². The zero-order valence-corrected chi connectivity index (χ0v) is 12.0. The third-order valence-corrected chi connectivity index (χ3v) is 3.51. The first-order valence-corrected chi connectivity index (χ1v) is 6.84. The van der Waals surface area contributed by atoms with Crippen LogP contribution >= 0.6 is 0 Å². The molecule has 0 atom stereocenters. The number of rotatable bonds is 4. The van der Waals surface area contributed by atoms with E-state index in [4.69, 9.17) is 4.74 Å². The summed E-state index contributed by atoms with van der Waals surface area (Å²) in [6.07, 6.45) is 5.05. The van der Waals surface area contributed by atoms with Crippen molar-refractivity contribution in [2.75, 3.05) is 7.11 Å².